The smallest absolute Gasteiger partial charge is 0.303 e. The third-order valence-corrected chi connectivity index (χ3v) is 5.10. The number of hydrogen-bond donors (Lipinski definition) is 1. The third kappa shape index (κ3) is 24.6. The Labute approximate surface area is 168 Å². The Morgan fingerprint density at radius 1 is 0.593 bits per heavy atom. The van der Waals surface area contributed by atoms with Crippen molar-refractivity contribution in [2.45, 2.75) is 128 Å². The summed E-state index contributed by atoms with van der Waals surface area (Å²) in [5, 5.41) is 8.57. The molecule has 0 unspecified atom stereocenters. The second kappa shape index (κ2) is 22.6. The van der Waals surface area contributed by atoms with Gasteiger partial charge >= 0.3 is 5.97 Å². The zero-order valence-electron chi connectivity index (χ0n) is 17.6. The van der Waals surface area contributed by atoms with Crippen molar-refractivity contribution in [3.63, 3.8) is 0 Å². The molecule has 0 aliphatic carbocycles. The van der Waals surface area contributed by atoms with Crippen molar-refractivity contribution < 1.29 is 9.90 Å². The van der Waals surface area contributed by atoms with Gasteiger partial charge in [-0.25, -0.2) is 0 Å². The summed E-state index contributed by atoms with van der Waals surface area (Å²) >= 11 is 0. The standard InChI is InChI=1S/C25H42O2/c1-2-3-4-5-6-7-8-9-10-11-12-13-14-15-16-17-18-19-20-21-22-23-24-25(26)27/h1H,5-24H2,(H,26,27). The van der Waals surface area contributed by atoms with E-state index in [0.717, 1.165) is 19.3 Å². The predicted octanol–water partition coefficient (Wildman–Crippen LogP) is 7.51. The molecule has 0 rings (SSSR count). The Balaban J connectivity index is 3.03. The highest BCUT2D eigenvalue weighted by Crippen LogP contribution is 2.14. The van der Waals surface area contributed by atoms with E-state index in [9.17, 15) is 4.79 Å². The van der Waals surface area contributed by atoms with Gasteiger partial charge in [0.25, 0.3) is 0 Å². The Hall–Kier alpha value is -1.41. The van der Waals surface area contributed by atoms with E-state index in [1.165, 1.54) is 103 Å². The lowest BCUT2D eigenvalue weighted by atomic mass is 10.0. The maximum atomic E-state index is 10.4. The lowest BCUT2D eigenvalue weighted by Crippen LogP contribution is -1.93. The number of unbranched alkanes of at least 4 members (excludes halogenated alkanes) is 18. The molecule has 1 N–H and O–H groups in total. The number of carbonyl (C=O) groups is 1. The molecule has 2 heteroatoms. The zero-order valence-corrected chi connectivity index (χ0v) is 17.6. The summed E-state index contributed by atoms with van der Waals surface area (Å²) in [6.45, 7) is 0. The SMILES string of the molecule is C#CC#CCCCCCCCCCCCCCCCCCCCCC(=O)O. The van der Waals surface area contributed by atoms with Gasteiger partial charge in [-0.15, -0.1) is 6.42 Å². The first-order valence-electron chi connectivity index (χ1n) is 11.4. The van der Waals surface area contributed by atoms with Gasteiger partial charge in [-0.05, 0) is 24.7 Å². The highest BCUT2D eigenvalue weighted by molar-refractivity contribution is 5.66. The van der Waals surface area contributed by atoms with Crippen LogP contribution in [0.15, 0.2) is 0 Å². The Morgan fingerprint density at radius 2 is 0.926 bits per heavy atom. The normalized spacial score (nSPS) is 10.2. The van der Waals surface area contributed by atoms with Crippen LogP contribution in [0.4, 0.5) is 0 Å². The number of hydrogen-bond acceptors (Lipinski definition) is 1. The summed E-state index contributed by atoms with van der Waals surface area (Å²) in [7, 11) is 0. The van der Waals surface area contributed by atoms with Crippen LogP contribution in [-0.4, -0.2) is 11.1 Å². The highest BCUT2D eigenvalue weighted by atomic mass is 16.4. The molecule has 0 heterocycles. The topological polar surface area (TPSA) is 37.3 Å². The van der Waals surface area contributed by atoms with Crippen molar-refractivity contribution in [2.75, 3.05) is 0 Å². The lowest BCUT2D eigenvalue weighted by molar-refractivity contribution is -0.137. The summed E-state index contributed by atoms with van der Waals surface area (Å²) < 4.78 is 0. The first-order chi connectivity index (χ1) is 13.3. The Kier molecular flexibility index (Phi) is 21.4. The fourth-order valence-corrected chi connectivity index (χ4v) is 3.43. The Bertz CT molecular complexity index is 422. The van der Waals surface area contributed by atoms with Crippen molar-refractivity contribution in [2.24, 2.45) is 0 Å². The van der Waals surface area contributed by atoms with Crippen LogP contribution in [-0.2, 0) is 4.79 Å². The highest BCUT2D eigenvalue weighted by Gasteiger charge is 1.97. The van der Waals surface area contributed by atoms with Gasteiger partial charge in [0, 0.05) is 12.8 Å². The van der Waals surface area contributed by atoms with E-state index in [2.05, 4.69) is 17.8 Å². The first-order valence-corrected chi connectivity index (χ1v) is 11.4. The van der Waals surface area contributed by atoms with Crippen LogP contribution in [0.2, 0.25) is 0 Å². The van der Waals surface area contributed by atoms with Crippen molar-refractivity contribution in [3.8, 4) is 24.2 Å². The fraction of sp³-hybridized carbons (Fsp3) is 0.800. The third-order valence-electron chi connectivity index (χ3n) is 5.10. The number of rotatable bonds is 20. The van der Waals surface area contributed by atoms with Crippen molar-refractivity contribution in [3.05, 3.63) is 0 Å². The predicted molar refractivity (Wildman–Crippen MR) is 117 cm³/mol. The van der Waals surface area contributed by atoms with E-state index in [4.69, 9.17) is 11.5 Å². The molecule has 0 fully saturated rings. The van der Waals surface area contributed by atoms with Crippen molar-refractivity contribution in [1.29, 1.82) is 0 Å². The van der Waals surface area contributed by atoms with E-state index in [0.29, 0.717) is 6.42 Å². The molecule has 0 aromatic heterocycles. The number of aliphatic carboxylic acids is 1. The summed E-state index contributed by atoms with van der Waals surface area (Å²) in [4.78, 5) is 10.4. The molecule has 154 valence electrons. The number of carboxylic acids is 1. The molecule has 0 saturated heterocycles. The van der Waals surface area contributed by atoms with Crippen LogP contribution < -0.4 is 0 Å². The molecule has 0 spiro atoms. The minimum atomic E-state index is -0.659. The van der Waals surface area contributed by atoms with Gasteiger partial charge in [0.1, 0.15) is 0 Å². The number of carboxylic acid groups (broad SMARTS) is 1. The van der Waals surface area contributed by atoms with Crippen LogP contribution in [0.1, 0.15) is 128 Å². The zero-order chi connectivity index (χ0) is 19.8. The first kappa shape index (κ1) is 25.6. The molecule has 0 radical (unpaired) electrons. The largest absolute Gasteiger partial charge is 0.481 e. The molecule has 2 nitrogen and oxygen atoms in total. The van der Waals surface area contributed by atoms with Crippen LogP contribution in [0.5, 0.6) is 0 Å². The Morgan fingerprint density at radius 3 is 1.26 bits per heavy atom. The molecule has 0 aliphatic heterocycles. The molecule has 0 saturated carbocycles. The quantitative estimate of drug-likeness (QED) is 0.177. The summed E-state index contributed by atoms with van der Waals surface area (Å²) in [6, 6.07) is 0. The average molecular weight is 375 g/mol. The van der Waals surface area contributed by atoms with E-state index >= 15 is 0 Å². The number of terminal acetylenes is 1. The van der Waals surface area contributed by atoms with Gasteiger partial charge in [-0.3, -0.25) is 4.79 Å². The fourth-order valence-electron chi connectivity index (χ4n) is 3.43. The van der Waals surface area contributed by atoms with Gasteiger partial charge in [0.2, 0.25) is 0 Å². The van der Waals surface area contributed by atoms with E-state index in [-0.39, 0.29) is 0 Å². The van der Waals surface area contributed by atoms with Gasteiger partial charge in [-0.2, -0.15) is 0 Å². The molecule has 0 aromatic rings. The van der Waals surface area contributed by atoms with Crippen molar-refractivity contribution >= 4 is 5.97 Å². The van der Waals surface area contributed by atoms with E-state index in [1.807, 2.05) is 0 Å². The van der Waals surface area contributed by atoms with Crippen molar-refractivity contribution in [1.82, 2.24) is 0 Å². The monoisotopic (exact) mass is 374 g/mol. The van der Waals surface area contributed by atoms with Gasteiger partial charge in [0.05, 0.1) is 0 Å². The molecule has 0 amide bonds. The molecular formula is C25H42O2. The van der Waals surface area contributed by atoms with Crippen LogP contribution in [0.25, 0.3) is 0 Å². The molecule has 0 bridgehead atoms. The lowest BCUT2D eigenvalue weighted by Gasteiger charge is -2.03. The second-order valence-electron chi connectivity index (χ2n) is 7.70. The van der Waals surface area contributed by atoms with E-state index in [1.54, 1.807) is 0 Å². The summed E-state index contributed by atoms with van der Waals surface area (Å²) in [5.41, 5.74) is 0. The molecular weight excluding hydrogens is 332 g/mol. The maximum Gasteiger partial charge on any atom is 0.303 e. The molecule has 0 aromatic carbocycles. The van der Waals surface area contributed by atoms with Crippen LogP contribution >= 0.6 is 0 Å². The minimum Gasteiger partial charge on any atom is -0.481 e. The van der Waals surface area contributed by atoms with Crippen LogP contribution in [0.3, 0.4) is 0 Å². The summed E-state index contributed by atoms with van der Waals surface area (Å²) in [6.07, 6.45) is 29.8. The maximum absolute atomic E-state index is 10.4. The summed E-state index contributed by atoms with van der Waals surface area (Å²) in [5.74, 6) is 7.36. The average Bonchev–Trinajstić information content (AvgIpc) is 2.65. The minimum absolute atomic E-state index is 0.337. The molecule has 27 heavy (non-hydrogen) atoms. The molecule has 0 aliphatic rings. The second-order valence-corrected chi connectivity index (χ2v) is 7.70. The van der Waals surface area contributed by atoms with Crippen LogP contribution in [0, 0.1) is 24.2 Å². The van der Waals surface area contributed by atoms with E-state index < -0.39 is 5.97 Å². The van der Waals surface area contributed by atoms with Gasteiger partial charge in [-0.1, -0.05) is 109 Å². The van der Waals surface area contributed by atoms with Gasteiger partial charge in [0.15, 0.2) is 0 Å². The van der Waals surface area contributed by atoms with Gasteiger partial charge < -0.3 is 5.11 Å². The molecule has 0 atom stereocenters.